The Morgan fingerprint density at radius 2 is 2.60 bits per heavy atom. The second kappa shape index (κ2) is 2.68. The van der Waals surface area contributed by atoms with Gasteiger partial charge in [-0.2, -0.15) is 5.10 Å². The lowest BCUT2D eigenvalue weighted by molar-refractivity contribution is -0.138. The minimum atomic E-state index is -0.821. The molecule has 0 bridgehead atoms. The molecule has 1 aliphatic rings. The van der Waals surface area contributed by atoms with Crippen LogP contribution < -0.4 is 0 Å². The lowest BCUT2D eigenvalue weighted by atomic mass is 10.3. The van der Waals surface area contributed by atoms with Gasteiger partial charge in [-0.1, -0.05) is 0 Å². The van der Waals surface area contributed by atoms with Crippen molar-refractivity contribution >= 4 is 11.7 Å². The molecule has 0 aliphatic carbocycles. The van der Waals surface area contributed by atoms with Crippen LogP contribution >= 0.6 is 0 Å². The smallest absolute Gasteiger partial charge is 0.324 e. The summed E-state index contributed by atoms with van der Waals surface area (Å²) in [7, 11) is 0. The second-order valence-electron chi connectivity index (χ2n) is 2.37. The number of hydrogen-bond donors (Lipinski definition) is 1. The molecule has 1 N–H and O–H groups in total. The van der Waals surface area contributed by atoms with Gasteiger partial charge in [-0.15, -0.1) is 0 Å². The maximum atomic E-state index is 10.2. The Hall–Kier alpha value is -1.06. The molecule has 56 valence electrons. The molecule has 0 fully saturated rings. The Bertz CT molecular complexity index is 177. The number of carboxylic acids is 1. The van der Waals surface area contributed by atoms with Crippen LogP contribution in [0.2, 0.25) is 0 Å². The average molecular weight is 142 g/mol. The summed E-state index contributed by atoms with van der Waals surface area (Å²) in [5.74, 6) is -0.821. The Labute approximate surface area is 59.1 Å². The van der Waals surface area contributed by atoms with Crippen LogP contribution in [0.3, 0.4) is 0 Å². The van der Waals surface area contributed by atoms with Gasteiger partial charge in [0.15, 0.2) is 0 Å². The number of hydrogen-bond acceptors (Lipinski definition) is 3. The zero-order chi connectivity index (χ0) is 7.56. The van der Waals surface area contributed by atoms with Crippen LogP contribution in [0.25, 0.3) is 0 Å². The largest absolute Gasteiger partial charge is 0.480 e. The molecule has 1 aliphatic heterocycles. The van der Waals surface area contributed by atoms with Crippen molar-refractivity contribution in [1.29, 1.82) is 0 Å². The van der Waals surface area contributed by atoms with E-state index in [-0.39, 0.29) is 6.54 Å². The predicted octanol–water partition coefficient (Wildman–Crippen LogP) is 0.153. The fraction of sp³-hybridized carbons (Fsp3) is 0.667. The van der Waals surface area contributed by atoms with E-state index in [1.165, 1.54) is 0 Å². The molecule has 0 saturated carbocycles. The van der Waals surface area contributed by atoms with E-state index in [9.17, 15) is 4.79 Å². The van der Waals surface area contributed by atoms with Gasteiger partial charge < -0.3 is 5.11 Å². The molecule has 0 unspecified atom stereocenters. The number of nitrogens with zero attached hydrogens (tertiary/aromatic N) is 2. The van der Waals surface area contributed by atoms with Crippen LogP contribution in [-0.4, -0.2) is 34.9 Å². The topological polar surface area (TPSA) is 52.9 Å². The summed E-state index contributed by atoms with van der Waals surface area (Å²) in [6.45, 7) is 2.68. The second-order valence-corrected chi connectivity index (χ2v) is 2.37. The maximum absolute atomic E-state index is 10.2. The highest BCUT2D eigenvalue weighted by Crippen LogP contribution is 2.03. The molecule has 0 aromatic heterocycles. The SMILES string of the molecule is CC1=NN(CC(=O)O)CC1. The molecular formula is C6H10N2O2. The molecule has 0 aromatic carbocycles. The highest BCUT2D eigenvalue weighted by atomic mass is 16.4. The van der Waals surface area contributed by atoms with Gasteiger partial charge in [0, 0.05) is 18.7 Å². The van der Waals surface area contributed by atoms with Gasteiger partial charge in [-0.25, -0.2) is 0 Å². The third-order valence-corrected chi connectivity index (χ3v) is 1.36. The van der Waals surface area contributed by atoms with Crippen molar-refractivity contribution in [2.75, 3.05) is 13.1 Å². The normalized spacial score (nSPS) is 17.3. The molecule has 1 rings (SSSR count). The van der Waals surface area contributed by atoms with Crippen molar-refractivity contribution in [3.05, 3.63) is 0 Å². The third-order valence-electron chi connectivity index (χ3n) is 1.36. The van der Waals surface area contributed by atoms with E-state index in [0.717, 1.165) is 18.7 Å². The zero-order valence-electron chi connectivity index (χ0n) is 5.87. The summed E-state index contributed by atoms with van der Waals surface area (Å²) in [6.07, 6.45) is 0.896. The summed E-state index contributed by atoms with van der Waals surface area (Å²) < 4.78 is 0. The first-order valence-electron chi connectivity index (χ1n) is 3.19. The average Bonchev–Trinajstić information content (AvgIpc) is 2.13. The van der Waals surface area contributed by atoms with Gasteiger partial charge >= 0.3 is 5.97 Å². The molecule has 0 saturated heterocycles. The zero-order valence-corrected chi connectivity index (χ0v) is 5.87. The van der Waals surface area contributed by atoms with Crippen LogP contribution in [-0.2, 0) is 4.79 Å². The third kappa shape index (κ3) is 1.72. The van der Waals surface area contributed by atoms with Crippen molar-refractivity contribution in [2.24, 2.45) is 5.10 Å². The molecule has 0 atom stereocenters. The van der Waals surface area contributed by atoms with Crippen molar-refractivity contribution in [1.82, 2.24) is 5.01 Å². The van der Waals surface area contributed by atoms with Gasteiger partial charge in [0.25, 0.3) is 0 Å². The van der Waals surface area contributed by atoms with E-state index in [1.54, 1.807) is 5.01 Å². The molecule has 10 heavy (non-hydrogen) atoms. The first kappa shape index (κ1) is 7.05. The fourth-order valence-electron chi connectivity index (χ4n) is 0.903. The highest BCUT2D eigenvalue weighted by molar-refractivity contribution is 5.83. The van der Waals surface area contributed by atoms with E-state index in [1.807, 2.05) is 6.92 Å². The lowest BCUT2D eigenvalue weighted by Crippen LogP contribution is -2.22. The van der Waals surface area contributed by atoms with Crippen LogP contribution in [0, 0.1) is 0 Å². The Morgan fingerprint density at radius 1 is 1.90 bits per heavy atom. The molecule has 0 radical (unpaired) electrons. The fourth-order valence-corrected chi connectivity index (χ4v) is 0.903. The number of hydrazone groups is 1. The van der Waals surface area contributed by atoms with Gasteiger partial charge in [-0.05, 0) is 6.92 Å². The van der Waals surface area contributed by atoms with Crippen LogP contribution in [0.1, 0.15) is 13.3 Å². The monoisotopic (exact) mass is 142 g/mol. The van der Waals surface area contributed by atoms with Crippen LogP contribution in [0.4, 0.5) is 0 Å². The quantitative estimate of drug-likeness (QED) is 0.597. The number of carboxylic acid groups (broad SMARTS) is 1. The predicted molar refractivity (Wildman–Crippen MR) is 36.9 cm³/mol. The molecule has 4 nitrogen and oxygen atoms in total. The molecule has 4 heteroatoms. The standard InChI is InChI=1S/C6H10N2O2/c1-5-2-3-8(7-5)4-6(9)10/h2-4H2,1H3,(H,9,10). The minimum absolute atomic E-state index is 0.0251. The van der Waals surface area contributed by atoms with Crippen LogP contribution in [0.15, 0.2) is 5.10 Å². The first-order valence-corrected chi connectivity index (χ1v) is 3.19. The molecule has 0 spiro atoms. The Kier molecular flexibility index (Phi) is 1.89. The maximum Gasteiger partial charge on any atom is 0.324 e. The molecule has 1 heterocycles. The number of aliphatic carboxylic acids is 1. The van der Waals surface area contributed by atoms with Crippen LogP contribution in [0.5, 0.6) is 0 Å². The minimum Gasteiger partial charge on any atom is -0.480 e. The summed E-state index contributed by atoms with van der Waals surface area (Å²) in [6, 6.07) is 0. The van der Waals surface area contributed by atoms with E-state index in [2.05, 4.69) is 5.10 Å². The van der Waals surface area contributed by atoms with Crippen molar-refractivity contribution < 1.29 is 9.90 Å². The summed E-state index contributed by atoms with van der Waals surface area (Å²) >= 11 is 0. The lowest BCUT2D eigenvalue weighted by Gasteiger charge is -2.08. The van der Waals surface area contributed by atoms with Gasteiger partial charge in [0.1, 0.15) is 6.54 Å². The van der Waals surface area contributed by atoms with Gasteiger partial charge in [0.05, 0.1) is 0 Å². The van der Waals surface area contributed by atoms with E-state index in [4.69, 9.17) is 5.11 Å². The summed E-state index contributed by atoms with van der Waals surface area (Å²) in [5.41, 5.74) is 1.02. The molecule has 0 aromatic rings. The highest BCUT2D eigenvalue weighted by Gasteiger charge is 2.12. The molecule has 0 amide bonds. The first-order chi connectivity index (χ1) is 4.68. The summed E-state index contributed by atoms with van der Waals surface area (Å²) in [4.78, 5) is 10.2. The Balaban J connectivity index is 2.38. The Morgan fingerprint density at radius 3 is 3.00 bits per heavy atom. The summed E-state index contributed by atoms with van der Waals surface area (Å²) in [5, 5.41) is 13.9. The number of carbonyl (C=O) groups is 1. The molecular weight excluding hydrogens is 132 g/mol. The van der Waals surface area contributed by atoms with E-state index < -0.39 is 5.97 Å². The number of rotatable bonds is 2. The van der Waals surface area contributed by atoms with E-state index >= 15 is 0 Å². The van der Waals surface area contributed by atoms with Gasteiger partial charge in [-0.3, -0.25) is 9.80 Å². The van der Waals surface area contributed by atoms with E-state index in [0.29, 0.717) is 0 Å². The van der Waals surface area contributed by atoms with Gasteiger partial charge in [0.2, 0.25) is 0 Å². The van der Waals surface area contributed by atoms with Crippen molar-refractivity contribution in [3.8, 4) is 0 Å². The van der Waals surface area contributed by atoms with Crippen molar-refractivity contribution in [2.45, 2.75) is 13.3 Å². The van der Waals surface area contributed by atoms with Crippen molar-refractivity contribution in [3.63, 3.8) is 0 Å².